The van der Waals surface area contributed by atoms with Crippen molar-refractivity contribution < 1.29 is 17.7 Å². The Morgan fingerprint density at radius 1 is 1.21 bits per heavy atom. The van der Waals surface area contributed by atoms with Crippen molar-refractivity contribution in [3.05, 3.63) is 53.2 Å². The first-order chi connectivity index (χ1) is 15.6. The van der Waals surface area contributed by atoms with Gasteiger partial charge in [0.2, 0.25) is 0 Å². The predicted octanol–water partition coefficient (Wildman–Crippen LogP) is 5.77. The van der Waals surface area contributed by atoms with E-state index in [9.17, 15) is 13.3 Å². The van der Waals surface area contributed by atoms with Crippen LogP contribution in [0.2, 0.25) is 12.6 Å². The number of aromatic nitrogens is 3. The largest absolute Gasteiger partial charge is 0.365 e. The van der Waals surface area contributed by atoms with E-state index < -0.39 is 30.3 Å². The van der Waals surface area contributed by atoms with E-state index in [2.05, 4.69) is 20.3 Å². The number of hydrogen-bond donors (Lipinski definition) is 1. The molecule has 2 aromatic heterocycles. The maximum Gasteiger partial charge on any atom is 0.271 e. The summed E-state index contributed by atoms with van der Waals surface area (Å²) in [5, 5.41) is 3.66. The van der Waals surface area contributed by atoms with E-state index in [4.69, 9.17) is 0 Å². The second-order valence-electron chi connectivity index (χ2n) is 8.08. The Hall–Kier alpha value is -2.41. The van der Waals surface area contributed by atoms with Crippen molar-refractivity contribution >= 4 is 36.6 Å². The first-order valence-corrected chi connectivity index (χ1v) is 13.1. The van der Waals surface area contributed by atoms with Crippen LogP contribution in [0, 0.1) is 12.7 Å². The fraction of sp³-hybridized carbons (Fsp3) is 0.435. The molecule has 1 atom stereocenters. The summed E-state index contributed by atoms with van der Waals surface area (Å²) >= 11 is 0. The quantitative estimate of drug-likeness (QED) is 0.315. The van der Waals surface area contributed by atoms with Gasteiger partial charge in [0.05, 0.1) is 17.3 Å². The molecule has 175 valence electrons. The van der Waals surface area contributed by atoms with Gasteiger partial charge in [-0.15, -0.1) is 0 Å². The van der Waals surface area contributed by atoms with E-state index in [1.807, 2.05) is 13.8 Å². The molecule has 10 heteroatoms. The molecule has 1 radical (unpaired) electrons. The normalized spacial score (nSPS) is 13.2. The molecule has 1 aromatic carbocycles. The molecular formula is C23H28BF3N4OP. The first kappa shape index (κ1) is 25.2. The standard InChI is InChI=1S/C23H28BF3N4OP/c1-6-33(32,7-2)20-11-17-19(13-28-20)30-15(4)31-22(17)29-12-16-9-8-10-18(21(16)25)23(26,27)14(3)24-5/h8-11,13-14H,6-7,12H2,1-5H3,(H,29,30,31). The molecule has 0 fully saturated rings. The molecule has 0 aliphatic rings. The molecule has 1 N–H and O–H groups in total. The highest BCUT2D eigenvalue weighted by Crippen LogP contribution is 2.43. The first-order valence-electron chi connectivity index (χ1n) is 11.0. The minimum absolute atomic E-state index is 0.0532. The number of nitrogens with one attached hydrogen (secondary N) is 1. The van der Waals surface area contributed by atoms with Gasteiger partial charge in [-0.2, -0.15) is 0 Å². The molecule has 0 saturated heterocycles. The van der Waals surface area contributed by atoms with Crippen LogP contribution in [-0.4, -0.2) is 34.6 Å². The molecule has 33 heavy (non-hydrogen) atoms. The molecule has 0 aliphatic carbocycles. The zero-order valence-electron chi connectivity index (χ0n) is 19.5. The molecule has 0 spiro atoms. The van der Waals surface area contributed by atoms with Crippen LogP contribution in [0.3, 0.4) is 0 Å². The molecule has 0 saturated carbocycles. The van der Waals surface area contributed by atoms with Gasteiger partial charge in [0.25, 0.3) is 5.92 Å². The second kappa shape index (κ2) is 9.84. The third-order valence-corrected chi connectivity index (χ3v) is 9.20. The maximum absolute atomic E-state index is 15.1. The Morgan fingerprint density at radius 2 is 1.91 bits per heavy atom. The van der Waals surface area contributed by atoms with Gasteiger partial charge in [-0.1, -0.05) is 45.8 Å². The SMILES string of the molecule is C[B]C(C)C(F)(F)c1cccc(CNc2nc(C)nc3cnc(P(=O)(CC)CC)cc23)c1F. The Labute approximate surface area is 193 Å². The van der Waals surface area contributed by atoms with E-state index in [0.717, 1.165) is 6.07 Å². The van der Waals surface area contributed by atoms with Crippen molar-refractivity contribution in [3.8, 4) is 0 Å². The third-order valence-electron chi connectivity index (χ3n) is 6.07. The number of rotatable bonds is 9. The Kier molecular flexibility index (Phi) is 7.52. The van der Waals surface area contributed by atoms with E-state index in [-0.39, 0.29) is 12.1 Å². The van der Waals surface area contributed by atoms with E-state index in [0.29, 0.717) is 40.3 Å². The second-order valence-corrected chi connectivity index (χ2v) is 11.6. The van der Waals surface area contributed by atoms with Crippen LogP contribution in [0.1, 0.15) is 37.7 Å². The van der Waals surface area contributed by atoms with Crippen LogP contribution >= 0.6 is 7.14 Å². The summed E-state index contributed by atoms with van der Waals surface area (Å²) in [5.74, 6) is -4.49. The molecule has 0 bridgehead atoms. The summed E-state index contributed by atoms with van der Waals surface area (Å²) in [6, 6.07) is 5.72. The predicted molar refractivity (Wildman–Crippen MR) is 129 cm³/mol. The summed E-state index contributed by atoms with van der Waals surface area (Å²) in [7, 11) is -1.27. The number of aryl methyl sites for hydroxylation is 1. The highest BCUT2D eigenvalue weighted by molar-refractivity contribution is 7.71. The summed E-state index contributed by atoms with van der Waals surface area (Å²) in [6.07, 6.45) is 2.53. The van der Waals surface area contributed by atoms with E-state index in [1.54, 1.807) is 19.2 Å². The minimum atomic E-state index is -3.32. The minimum Gasteiger partial charge on any atom is -0.365 e. The van der Waals surface area contributed by atoms with Crippen molar-refractivity contribution in [2.75, 3.05) is 17.6 Å². The smallest absolute Gasteiger partial charge is 0.271 e. The Balaban J connectivity index is 1.99. The molecule has 3 aromatic rings. The van der Waals surface area contributed by atoms with Crippen LogP contribution < -0.4 is 10.8 Å². The van der Waals surface area contributed by atoms with Crippen molar-refractivity contribution in [2.24, 2.45) is 0 Å². The van der Waals surface area contributed by atoms with Gasteiger partial charge in [0.1, 0.15) is 37.3 Å². The summed E-state index contributed by atoms with van der Waals surface area (Å²) in [4.78, 5) is 13.2. The molecule has 2 heterocycles. The van der Waals surface area contributed by atoms with Gasteiger partial charge in [-0.3, -0.25) is 4.98 Å². The molecule has 3 rings (SSSR count). The van der Waals surface area contributed by atoms with Gasteiger partial charge >= 0.3 is 0 Å². The van der Waals surface area contributed by atoms with Gasteiger partial charge in [-0.05, 0) is 18.8 Å². The van der Waals surface area contributed by atoms with Crippen LogP contribution in [0.4, 0.5) is 19.0 Å². The van der Waals surface area contributed by atoms with Crippen molar-refractivity contribution in [3.63, 3.8) is 0 Å². The number of fused-ring (bicyclic) bond motifs is 1. The average molecular weight is 475 g/mol. The van der Waals surface area contributed by atoms with Gasteiger partial charge in [0.15, 0.2) is 0 Å². The topological polar surface area (TPSA) is 67.8 Å². The molecule has 0 amide bonds. The monoisotopic (exact) mass is 475 g/mol. The third kappa shape index (κ3) is 4.93. The number of nitrogens with zero attached hydrogens (tertiary/aromatic N) is 3. The molecular weight excluding hydrogens is 447 g/mol. The van der Waals surface area contributed by atoms with Gasteiger partial charge in [-0.25, -0.2) is 23.1 Å². The zero-order chi connectivity index (χ0) is 24.4. The van der Waals surface area contributed by atoms with Crippen LogP contribution in [0.5, 0.6) is 0 Å². The van der Waals surface area contributed by atoms with Crippen LogP contribution in [0.25, 0.3) is 10.9 Å². The Morgan fingerprint density at radius 3 is 2.55 bits per heavy atom. The van der Waals surface area contributed by atoms with E-state index in [1.165, 1.54) is 33.2 Å². The van der Waals surface area contributed by atoms with Gasteiger partial charge < -0.3 is 9.88 Å². The van der Waals surface area contributed by atoms with Crippen molar-refractivity contribution in [1.82, 2.24) is 15.0 Å². The highest BCUT2D eigenvalue weighted by atomic mass is 31.2. The van der Waals surface area contributed by atoms with Crippen molar-refractivity contribution in [1.29, 1.82) is 0 Å². The number of pyridine rings is 1. The lowest BCUT2D eigenvalue weighted by Gasteiger charge is -2.24. The van der Waals surface area contributed by atoms with Gasteiger partial charge in [0, 0.05) is 29.8 Å². The lowest BCUT2D eigenvalue weighted by Crippen LogP contribution is -2.24. The molecule has 1 unspecified atom stereocenters. The van der Waals surface area contributed by atoms with E-state index >= 15 is 4.39 Å². The average Bonchev–Trinajstić information content (AvgIpc) is 2.81. The van der Waals surface area contributed by atoms with Crippen LogP contribution in [-0.2, 0) is 17.0 Å². The number of halogens is 3. The fourth-order valence-electron chi connectivity index (χ4n) is 3.65. The summed E-state index contributed by atoms with van der Waals surface area (Å²) in [6.45, 7) is 8.28. The fourth-order valence-corrected chi connectivity index (χ4v) is 5.38. The lowest BCUT2D eigenvalue weighted by atomic mass is 9.63. The summed E-state index contributed by atoms with van der Waals surface area (Å²) in [5.41, 5.74) is 0.519. The Bertz CT molecular complexity index is 1200. The number of hydrogen-bond acceptors (Lipinski definition) is 5. The number of anilines is 1. The van der Waals surface area contributed by atoms with Crippen molar-refractivity contribution in [2.45, 2.75) is 52.8 Å². The highest BCUT2D eigenvalue weighted by Gasteiger charge is 2.40. The molecule has 5 nitrogen and oxygen atoms in total. The zero-order valence-corrected chi connectivity index (χ0v) is 20.4. The lowest BCUT2D eigenvalue weighted by molar-refractivity contribution is -0.0115. The molecule has 0 aliphatic heterocycles. The summed E-state index contributed by atoms with van der Waals surface area (Å²) < 4.78 is 57.6. The number of alkyl halides is 2. The number of benzene rings is 1. The van der Waals surface area contributed by atoms with Crippen LogP contribution in [0.15, 0.2) is 30.5 Å². The maximum atomic E-state index is 15.1.